The van der Waals surface area contributed by atoms with Gasteiger partial charge in [0.05, 0.1) is 45.9 Å². The Hall–Kier alpha value is -5.24. The van der Waals surface area contributed by atoms with E-state index in [4.69, 9.17) is 16.7 Å². The molecule has 0 heterocycles. The van der Waals surface area contributed by atoms with Gasteiger partial charge < -0.3 is 21.7 Å². The van der Waals surface area contributed by atoms with Gasteiger partial charge in [-0.1, -0.05) is 17.2 Å². The SMILES string of the molecule is NC(=O)c1cc(N=Nc2ccc(-c3ccc(N=Nc4ccc(O)c(C(N)=O)c4)cc3S(=O)(=O)O)c(SOOO)c2)ccc1O. The molecule has 0 fully saturated rings. The molecule has 0 saturated heterocycles. The van der Waals surface area contributed by atoms with Crippen molar-refractivity contribution in [2.75, 3.05) is 0 Å². The van der Waals surface area contributed by atoms with Crippen LogP contribution in [-0.2, 0) is 19.5 Å². The van der Waals surface area contributed by atoms with Gasteiger partial charge in [-0.2, -0.15) is 28.9 Å². The van der Waals surface area contributed by atoms with Crippen molar-refractivity contribution in [1.82, 2.24) is 0 Å². The third-order valence-electron chi connectivity index (χ3n) is 5.71. The van der Waals surface area contributed by atoms with E-state index in [-0.39, 0.29) is 61.4 Å². The minimum absolute atomic E-state index is 0.00568. The molecule has 226 valence electrons. The number of hydrogen-bond donors (Lipinski definition) is 6. The van der Waals surface area contributed by atoms with Crippen LogP contribution >= 0.6 is 12.0 Å². The maximum absolute atomic E-state index is 12.4. The van der Waals surface area contributed by atoms with Crippen LogP contribution in [-0.4, -0.2) is 40.3 Å². The van der Waals surface area contributed by atoms with E-state index >= 15 is 0 Å². The van der Waals surface area contributed by atoms with E-state index in [0.29, 0.717) is 12.0 Å². The molecule has 0 aliphatic rings. The Morgan fingerprint density at radius 3 is 1.57 bits per heavy atom. The van der Waals surface area contributed by atoms with Gasteiger partial charge >= 0.3 is 0 Å². The van der Waals surface area contributed by atoms with E-state index in [9.17, 15) is 32.8 Å². The van der Waals surface area contributed by atoms with Crippen molar-refractivity contribution in [1.29, 1.82) is 0 Å². The van der Waals surface area contributed by atoms with E-state index in [1.807, 2.05) is 0 Å². The quantitative estimate of drug-likeness (QED) is 0.0393. The highest BCUT2D eigenvalue weighted by molar-refractivity contribution is 7.94. The first-order valence-corrected chi connectivity index (χ1v) is 14.1. The number of amides is 2. The first kappa shape index (κ1) is 31.7. The zero-order chi connectivity index (χ0) is 32.0. The monoisotopic (exact) mass is 640 g/mol. The second-order valence-corrected chi connectivity index (χ2v) is 10.7. The normalized spacial score (nSPS) is 11.8. The third kappa shape index (κ3) is 7.58. The average Bonchev–Trinajstić information content (AvgIpc) is 2.98. The lowest BCUT2D eigenvalue weighted by Crippen LogP contribution is -2.10. The zero-order valence-electron chi connectivity index (χ0n) is 21.9. The summed E-state index contributed by atoms with van der Waals surface area (Å²) in [6.07, 6.45) is 0. The van der Waals surface area contributed by atoms with E-state index in [2.05, 4.69) is 29.8 Å². The number of nitrogens with two attached hydrogens (primary N) is 2. The summed E-state index contributed by atoms with van der Waals surface area (Å²) in [5.41, 5.74) is 10.8. The van der Waals surface area contributed by atoms with E-state index in [1.54, 1.807) is 0 Å². The van der Waals surface area contributed by atoms with Crippen molar-refractivity contribution >= 4 is 56.7 Å². The molecule has 4 aromatic rings. The zero-order valence-corrected chi connectivity index (χ0v) is 23.6. The fraction of sp³-hybridized carbons (Fsp3) is 0. The Morgan fingerprint density at radius 2 is 1.11 bits per heavy atom. The topological polar surface area (TPSA) is 269 Å². The van der Waals surface area contributed by atoms with Crippen LogP contribution in [0.25, 0.3) is 11.1 Å². The van der Waals surface area contributed by atoms with E-state index in [1.165, 1.54) is 66.7 Å². The molecule has 0 aromatic heterocycles. The van der Waals surface area contributed by atoms with E-state index in [0.717, 1.165) is 6.07 Å². The van der Waals surface area contributed by atoms with Gasteiger partial charge in [-0.15, -0.1) is 4.33 Å². The van der Waals surface area contributed by atoms with Gasteiger partial charge in [0.2, 0.25) is 0 Å². The molecule has 18 heteroatoms. The molecular formula is C26H20N6O10S2. The minimum Gasteiger partial charge on any atom is -0.507 e. The van der Waals surface area contributed by atoms with Gasteiger partial charge in [0.1, 0.15) is 16.4 Å². The Labute approximate surface area is 252 Å². The summed E-state index contributed by atoms with van der Waals surface area (Å²) in [6.45, 7) is 0. The van der Waals surface area contributed by atoms with Crippen molar-refractivity contribution < 1.29 is 47.4 Å². The number of phenols is 2. The fourth-order valence-corrected chi connectivity index (χ4v) is 4.99. The smallest absolute Gasteiger partial charge is 0.295 e. The largest absolute Gasteiger partial charge is 0.507 e. The first-order chi connectivity index (χ1) is 20.9. The molecule has 44 heavy (non-hydrogen) atoms. The summed E-state index contributed by atoms with van der Waals surface area (Å²) >= 11 is 0.477. The second-order valence-electron chi connectivity index (χ2n) is 8.59. The summed E-state index contributed by atoms with van der Waals surface area (Å²) < 4.78 is 39.3. The minimum atomic E-state index is -4.85. The van der Waals surface area contributed by atoms with Crippen molar-refractivity contribution in [3.8, 4) is 22.6 Å². The summed E-state index contributed by atoms with van der Waals surface area (Å²) in [4.78, 5) is 22.5. The lowest BCUT2D eigenvalue weighted by molar-refractivity contribution is -0.432. The van der Waals surface area contributed by atoms with Crippen molar-refractivity contribution in [2.45, 2.75) is 9.79 Å². The number of primary amides is 2. The molecule has 2 amide bonds. The Kier molecular flexibility index (Phi) is 9.63. The number of carbonyl (C=O) groups excluding carboxylic acids is 2. The van der Waals surface area contributed by atoms with Crippen LogP contribution in [0, 0.1) is 0 Å². The number of azo groups is 2. The molecule has 0 unspecified atom stereocenters. The van der Waals surface area contributed by atoms with Gasteiger partial charge in [0, 0.05) is 10.5 Å². The van der Waals surface area contributed by atoms with Gasteiger partial charge in [-0.05, 0) is 66.2 Å². The molecule has 8 N–H and O–H groups in total. The maximum atomic E-state index is 12.4. The summed E-state index contributed by atoms with van der Waals surface area (Å²) in [6, 6.07) is 15.5. The van der Waals surface area contributed by atoms with Gasteiger partial charge in [0.25, 0.3) is 21.9 Å². The van der Waals surface area contributed by atoms with Gasteiger partial charge in [-0.25, -0.2) is 5.26 Å². The van der Waals surface area contributed by atoms with E-state index < -0.39 is 26.8 Å². The summed E-state index contributed by atoms with van der Waals surface area (Å²) in [5, 5.41) is 47.8. The molecule has 0 bridgehead atoms. The maximum Gasteiger partial charge on any atom is 0.295 e. The molecule has 0 saturated carbocycles. The van der Waals surface area contributed by atoms with Crippen molar-refractivity contribution in [3.63, 3.8) is 0 Å². The molecule has 0 aliphatic heterocycles. The molecule has 0 radical (unpaired) electrons. The van der Waals surface area contributed by atoms with Crippen LogP contribution in [0.5, 0.6) is 11.5 Å². The lowest BCUT2D eigenvalue weighted by Gasteiger charge is -2.12. The van der Waals surface area contributed by atoms with Crippen molar-refractivity contribution in [2.24, 2.45) is 31.9 Å². The molecule has 0 atom stereocenters. The third-order valence-corrected chi connectivity index (χ3v) is 7.25. The lowest BCUT2D eigenvalue weighted by atomic mass is 10.0. The van der Waals surface area contributed by atoms with Crippen LogP contribution in [0.4, 0.5) is 22.7 Å². The Morgan fingerprint density at radius 1 is 0.682 bits per heavy atom. The van der Waals surface area contributed by atoms with Crippen LogP contribution in [0.15, 0.2) is 103 Å². The number of nitrogens with zero attached hydrogens (tertiary/aromatic N) is 4. The van der Waals surface area contributed by atoms with Crippen LogP contribution in [0.1, 0.15) is 20.7 Å². The Balaban J connectivity index is 1.72. The summed E-state index contributed by atoms with van der Waals surface area (Å²) in [5.74, 6) is -2.46. The molecule has 4 aromatic carbocycles. The fourth-order valence-electron chi connectivity index (χ4n) is 3.72. The molecule has 16 nitrogen and oxygen atoms in total. The predicted molar refractivity (Wildman–Crippen MR) is 154 cm³/mol. The van der Waals surface area contributed by atoms with Crippen molar-refractivity contribution in [3.05, 3.63) is 83.9 Å². The number of aromatic hydroxyl groups is 2. The molecule has 0 spiro atoms. The highest BCUT2D eigenvalue weighted by atomic mass is 32.2. The highest BCUT2D eigenvalue weighted by Gasteiger charge is 2.21. The molecule has 0 aliphatic carbocycles. The predicted octanol–water partition coefficient (Wildman–Crippen LogP) is 5.47. The first-order valence-electron chi connectivity index (χ1n) is 11.9. The van der Waals surface area contributed by atoms with Crippen LogP contribution in [0.3, 0.4) is 0 Å². The summed E-state index contributed by atoms with van der Waals surface area (Å²) in [7, 11) is -4.85. The average molecular weight is 641 g/mol. The number of benzene rings is 4. The molecule has 4 rings (SSSR count). The number of carbonyl (C=O) groups is 2. The molecular weight excluding hydrogens is 620 g/mol. The highest BCUT2D eigenvalue weighted by Crippen LogP contribution is 2.40. The van der Waals surface area contributed by atoms with Crippen LogP contribution < -0.4 is 11.5 Å². The van der Waals surface area contributed by atoms with Crippen LogP contribution in [0.2, 0.25) is 0 Å². The Bertz CT molecular complexity index is 1930. The number of rotatable bonds is 11. The van der Waals surface area contributed by atoms with Gasteiger partial charge in [0.15, 0.2) is 0 Å². The van der Waals surface area contributed by atoms with Gasteiger partial charge in [-0.3, -0.25) is 14.1 Å². The second kappa shape index (κ2) is 13.4. The number of hydrogen-bond acceptors (Lipinski definition) is 14. The standard InChI is InChI=1S/C26H20N6O10S2/c27-25(35)19-9-13(3-7-21(19)33)29-31-15-1-5-17(23(11-15)43-42-41-37)18-6-2-16(12-24(18)44(38,39)40)32-30-14-4-8-22(34)20(10-14)26(28)36/h1-12,33-34,37H,(H2,27,35)(H2,28,36)(H,38,39,40).